The zero-order valence-electron chi connectivity index (χ0n) is 18.3. The first-order valence-electron chi connectivity index (χ1n) is 9.69. The lowest BCUT2D eigenvalue weighted by Crippen LogP contribution is -2.07. The number of methoxy groups -OCH3 is 1. The molecular formula is C24H20O9. The molecule has 3 rings (SSSR count). The minimum Gasteiger partial charge on any atom is -0.493 e. The Morgan fingerprint density at radius 2 is 1.36 bits per heavy atom. The van der Waals surface area contributed by atoms with Gasteiger partial charge in [0.2, 0.25) is 0 Å². The lowest BCUT2D eigenvalue weighted by molar-refractivity contribution is -0.134. The number of benzene rings is 2. The zero-order valence-corrected chi connectivity index (χ0v) is 18.3. The fourth-order valence-electron chi connectivity index (χ4n) is 2.96. The fourth-order valence-corrected chi connectivity index (χ4v) is 2.96. The highest BCUT2D eigenvalue weighted by molar-refractivity contribution is 6.05. The van der Waals surface area contributed by atoms with Gasteiger partial charge in [0, 0.05) is 26.3 Å². The molecule has 0 saturated heterocycles. The van der Waals surface area contributed by atoms with Crippen LogP contribution in [0.2, 0.25) is 0 Å². The minimum absolute atomic E-state index is 0.0356. The monoisotopic (exact) mass is 452 g/mol. The van der Waals surface area contributed by atoms with Crippen molar-refractivity contribution in [3.8, 4) is 23.0 Å². The molecule has 0 atom stereocenters. The zero-order chi connectivity index (χ0) is 24.1. The number of carbonyl (C=O) groups excluding carboxylic acids is 4. The summed E-state index contributed by atoms with van der Waals surface area (Å²) in [6.07, 6.45) is 3.07. The minimum atomic E-state index is -0.596. The van der Waals surface area contributed by atoms with Crippen molar-refractivity contribution in [3.05, 3.63) is 59.2 Å². The maximum atomic E-state index is 12.4. The second-order valence-corrected chi connectivity index (χ2v) is 6.85. The van der Waals surface area contributed by atoms with Crippen molar-refractivity contribution in [2.75, 3.05) is 7.11 Å². The topological polar surface area (TPSA) is 114 Å². The highest BCUT2D eigenvalue weighted by Gasteiger charge is 2.23. The summed E-state index contributed by atoms with van der Waals surface area (Å²) in [4.78, 5) is 46.3. The third-order valence-electron chi connectivity index (χ3n) is 4.22. The first-order chi connectivity index (χ1) is 15.7. The van der Waals surface area contributed by atoms with Gasteiger partial charge in [-0.15, -0.1) is 0 Å². The second kappa shape index (κ2) is 9.82. The molecule has 0 N–H and O–H groups in total. The van der Waals surface area contributed by atoms with Crippen molar-refractivity contribution in [2.24, 2.45) is 0 Å². The molecule has 33 heavy (non-hydrogen) atoms. The van der Waals surface area contributed by atoms with Crippen molar-refractivity contribution in [1.82, 2.24) is 0 Å². The van der Waals surface area contributed by atoms with Gasteiger partial charge in [-0.2, -0.15) is 0 Å². The third kappa shape index (κ3) is 5.85. The molecule has 0 saturated carbocycles. The van der Waals surface area contributed by atoms with Crippen LogP contribution in [0, 0.1) is 0 Å². The van der Waals surface area contributed by atoms with E-state index in [1.807, 2.05) is 0 Å². The SMILES string of the molecule is COc1cc(C2=C/C(=C\c3ccc(OC(C)=O)c(OC(C)=O)c3)C(=O)O2)ccc1OC(C)=O. The standard InChI is InChI=1S/C24H20O9/c1-13(25)30-19-8-6-17(11-22(19)29-4)21-12-18(24(28)33-21)9-16-5-7-20(31-14(2)26)23(10-16)32-15(3)27/h5-12H,1-4H3/b18-9+. The van der Waals surface area contributed by atoms with E-state index in [2.05, 4.69) is 0 Å². The van der Waals surface area contributed by atoms with Crippen LogP contribution in [0.4, 0.5) is 0 Å². The van der Waals surface area contributed by atoms with E-state index in [1.54, 1.807) is 18.2 Å². The van der Waals surface area contributed by atoms with E-state index in [9.17, 15) is 19.2 Å². The quantitative estimate of drug-likeness (QED) is 0.369. The van der Waals surface area contributed by atoms with Gasteiger partial charge in [-0.05, 0) is 48.0 Å². The summed E-state index contributed by atoms with van der Waals surface area (Å²) in [5.41, 5.74) is 1.28. The number of ether oxygens (including phenoxy) is 5. The van der Waals surface area contributed by atoms with Crippen molar-refractivity contribution in [2.45, 2.75) is 20.8 Å². The molecule has 0 aromatic heterocycles. The van der Waals surface area contributed by atoms with Crippen LogP contribution in [0.15, 0.2) is 48.0 Å². The number of rotatable bonds is 6. The summed E-state index contributed by atoms with van der Waals surface area (Å²) < 4.78 is 25.8. The molecule has 0 fully saturated rings. The van der Waals surface area contributed by atoms with Gasteiger partial charge in [0.05, 0.1) is 12.7 Å². The number of cyclic esters (lactones) is 1. The molecule has 0 spiro atoms. The van der Waals surface area contributed by atoms with Crippen LogP contribution in [-0.2, 0) is 23.9 Å². The Kier molecular flexibility index (Phi) is 6.92. The van der Waals surface area contributed by atoms with Crippen molar-refractivity contribution in [3.63, 3.8) is 0 Å². The summed E-state index contributed by atoms with van der Waals surface area (Å²) in [6, 6.07) is 9.24. The first-order valence-corrected chi connectivity index (χ1v) is 9.69. The second-order valence-electron chi connectivity index (χ2n) is 6.85. The predicted octanol–water partition coefficient (Wildman–Crippen LogP) is 3.45. The van der Waals surface area contributed by atoms with Crippen LogP contribution in [-0.4, -0.2) is 31.0 Å². The average molecular weight is 452 g/mol. The first kappa shape index (κ1) is 23.3. The highest BCUT2D eigenvalue weighted by Crippen LogP contribution is 2.35. The lowest BCUT2D eigenvalue weighted by atomic mass is 10.1. The fraction of sp³-hybridized carbons (Fsp3) is 0.167. The maximum absolute atomic E-state index is 12.4. The molecule has 0 unspecified atom stereocenters. The molecule has 1 heterocycles. The van der Waals surface area contributed by atoms with Crippen LogP contribution in [0.3, 0.4) is 0 Å². The van der Waals surface area contributed by atoms with Gasteiger partial charge in [0.1, 0.15) is 5.76 Å². The highest BCUT2D eigenvalue weighted by atomic mass is 16.6. The summed E-state index contributed by atoms with van der Waals surface area (Å²) in [5.74, 6) is -1.34. The van der Waals surface area contributed by atoms with Gasteiger partial charge in [-0.25, -0.2) is 4.79 Å². The molecule has 9 nitrogen and oxygen atoms in total. The molecule has 0 aliphatic carbocycles. The Bertz CT molecular complexity index is 1200. The Balaban J connectivity index is 1.93. The van der Waals surface area contributed by atoms with E-state index in [4.69, 9.17) is 23.7 Å². The normalized spacial score (nSPS) is 13.8. The molecule has 1 aliphatic rings. The predicted molar refractivity (Wildman–Crippen MR) is 115 cm³/mol. The van der Waals surface area contributed by atoms with E-state index in [0.717, 1.165) is 0 Å². The molecule has 0 amide bonds. The summed E-state index contributed by atoms with van der Waals surface area (Å²) in [5, 5.41) is 0. The van der Waals surface area contributed by atoms with Gasteiger partial charge < -0.3 is 23.7 Å². The number of hydrogen-bond donors (Lipinski definition) is 0. The molecular weight excluding hydrogens is 432 g/mol. The van der Waals surface area contributed by atoms with Crippen molar-refractivity contribution < 1.29 is 42.9 Å². The molecule has 0 bridgehead atoms. The Hall–Kier alpha value is -4.40. The van der Waals surface area contributed by atoms with Gasteiger partial charge in [0.15, 0.2) is 23.0 Å². The summed E-state index contributed by atoms with van der Waals surface area (Å²) >= 11 is 0. The van der Waals surface area contributed by atoms with E-state index in [0.29, 0.717) is 16.9 Å². The number of hydrogen-bond acceptors (Lipinski definition) is 9. The van der Waals surface area contributed by atoms with E-state index >= 15 is 0 Å². The third-order valence-corrected chi connectivity index (χ3v) is 4.22. The number of carbonyl (C=O) groups is 4. The van der Waals surface area contributed by atoms with E-state index in [-0.39, 0.29) is 28.6 Å². The molecule has 2 aromatic rings. The van der Waals surface area contributed by atoms with Gasteiger partial charge in [-0.3, -0.25) is 14.4 Å². The Morgan fingerprint density at radius 1 is 0.788 bits per heavy atom. The van der Waals surface area contributed by atoms with E-state index in [1.165, 1.54) is 58.2 Å². The molecule has 1 aliphatic heterocycles. The largest absolute Gasteiger partial charge is 0.493 e. The average Bonchev–Trinajstić information content (AvgIpc) is 3.09. The lowest BCUT2D eigenvalue weighted by Gasteiger charge is -2.10. The van der Waals surface area contributed by atoms with Crippen molar-refractivity contribution in [1.29, 1.82) is 0 Å². The van der Waals surface area contributed by atoms with E-state index < -0.39 is 23.9 Å². The van der Waals surface area contributed by atoms with Crippen LogP contribution in [0.5, 0.6) is 23.0 Å². The molecule has 9 heteroatoms. The summed E-state index contributed by atoms with van der Waals surface area (Å²) in [7, 11) is 1.42. The van der Waals surface area contributed by atoms with Crippen LogP contribution in [0.1, 0.15) is 31.9 Å². The van der Waals surface area contributed by atoms with Gasteiger partial charge in [-0.1, -0.05) is 6.07 Å². The van der Waals surface area contributed by atoms with Gasteiger partial charge in [0.25, 0.3) is 0 Å². The molecule has 0 radical (unpaired) electrons. The Labute approximate surface area is 189 Å². The van der Waals surface area contributed by atoms with Crippen LogP contribution >= 0.6 is 0 Å². The van der Waals surface area contributed by atoms with Crippen LogP contribution in [0.25, 0.3) is 11.8 Å². The van der Waals surface area contributed by atoms with Gasteiger partial charge >= 0.3 is 23.9 Å². The molecule has 170 valence electrons. The summed E-state index contributed by atoms with van der Waals surface area (Å²) in [6.45, 7) is 3.71. The maximum Gasteiger partial charge on any atom is 0.343 e. The van der Waals surface area contributed by atoms with Crippen molar-refractivity contribution >= 4 is 35.7 Å². The molecule has 2 aromatic carbocycles. The Morgan fingerprint density at radius 3 is 1.97 bits per heavy atom. The number of esters is 4. The smallest absolute Gasteiger partial charge is 0.343 e. The van der Waals surface area contributed by atoms with Crippen LogP contribution < -0.4 is 18.9 Å².